The predicted octanol–water partition coefficient (Wildman–Crippen LogP) is 5.01. The highest BCUT2D eigenvalue weighted by Crippen LogP contribution is 2.40. The summed E-state index contributed by atoms with van der Waals surface area (Å²) in [7, 11) is 0. The average Bonchev–Trinajstić information content (AvgIpc) is 2.53. The molecule has 1 heterocycles. The van der Waals surface area contributed by atoms with Crippen molar-refractivity contribution in [1.82, 2.24) is 0 Å². The van der Waals surface area contributed by atoms with Gasteiger partial charge in [0.15, 0.2) is 0 Å². The van der Waals surface area contributed by atoms with E-state index >= 15 is 0 Å². The van der Waals surface area contributed by atoms with Crippen molar-refractivity contribution in [2.75, 3.05) is 0 Å². The molecule has 0 radical (unpaired) electrons. The van der Waals surface area contributed by atoms with Crippen LogP contribution in [0.4, 0.5) is 0 Å². The normalized spacial score (nSPS) is 20.1. The summed E-state index contributed by atoms with van der Waals surface area (Å²) in [5.41, 5.74) is 4.62. The zero-order valence-electron chi connectivity index (χ0n) is 12.1. The van der Waals surface area contributed by atoms with Gasteiger partial charge in [-0.1, -0.05) is 50.8 Å². The summed E-state index contributed by atoms with van der Waals surface area (Å²) in [4.78, 5) is 4.79. The van der Waals surface area contributed by atoms with Gasteiger partial charge in [0, 0.05) is 5.41 Å². The lowest BCUT2D eigenvalue weighted by Crippen LogP contribution is -2.23. The van der Waals surface area contributed by atoms with Crippen LogP contribution in [0.2, 0.25) is 0 Å². The lowest BCUT2D eigenvalue weighted by molar-refractivity contribution is 0.639. The molecule has 0 aliphatic carbocycles. The van der Waals surface area contributed by atoms with E-state index in [0.29, 0.717) is 0 Å². The lowest BCUT2D eigenvalue weighted by Gasteiger charge is -2.23. The van der Waals surface area contributed by atoms with E-state index in [-0.39, 0.29) is 5.41 Å². The second-order valence-electron chi connectivity index (χ2n) is 4.95. The summed E-state index contributed by atoms with van der Waals surface area (Å²) in [6, 6.07) is 0. The van der Waals surface area contributed by atoms with Crippen molar-refractivity contribution >= 4 is 5.71 Å². The number of hydrogen-bond donors (Lipinski definition) is 0. The van der Waals surface area contributed by atoms with E-state index in [2.05, 4.69) is 39.5 Å². The fraction of sp³-hybridized carbons (Fsp3) is 0.353. The van der Waals surface area contributed by atoms with E-state index in [1.54, 1.807) is 0 Å². The number of hydrogen-bond acceptors (Lipinski definition) is 1. The van der Waals surface area contributed by atoms with E-state index < -0.39 is 0 Å². The van der Waals surface area contributed by atoms with Crippen molar-refractivity contribution in [2.24, 2.45) is 10.4 Å². The number of rotatable bonds is 4. The van der Waals surface area contributed by atoms with E-state index in [0.717, 1.165) is 17.0 Å². The third kappa shape index (κ3) is 2.61. The van der Waals surface area contributed by atoms with Gasteiger partial charge in [0.2, 0.25) is 0 Å². The molecule has 0 atom stereocenters. The minimum atomic E-state index is -0.0246. The molecule has 0 saturated heterocycles. The molecule has 1 rings (SSSR count). The van der Waals surface area contributed by atoms with Gasteiger partial charge in [0.05, 0.1) is 11.4 Å². The molecular weight excluding hydrogens is 218 g/mol. The average molecular weight is 241 g/mol. The van der Waals surface area contributed by atoms with Crippen molar-refractivity contribution in [3.8, 4) is 0 Å². The Morgan fingerprint density at radius 3 is 2.39 bits per heavy atom. The highest BCUT2D eigenvalue weighted by Gasteiger charge is 2.34. The summed E-state index contributed by atoms with van der Waals surface area (Å²) in [5, 5.41) is 0. The Bertz CT molecular complexity index is 480. The summed E-state index contributed by atoms with van der Waals surface area (Å²) in [5.74, 6) is 0. The number of allylic oxidation sites excluding steroid dienone is 8. The topological polar surface area (TPSA) is 12.4 Å². The van der Waals surface area contributed by atoms with E-state index in [9.17, 15) is 0 Å². The van der Waals surface area contributed by atoms with Crippen LogP contribution in [-0.4, -0.2) is 5.71 Å². The number of nitrogens with zero attached hydrogens (tertiary/aromatic N) is 1. The molecule has 0 unspecified atom stereocenters. The Morgan fingerprint density at radius 2 is 1.89 bits per heavy atom. The zero-order valence-corrected chi connectivity index (χ0v) is 12.1. The molecule has 96 valence electrons. The van der Waals surface area contributed by atoms with Crippen molar-refractivity contribution in [2.45, 2.75) is 34.6 Å². The largest absolute Gasteiger partial charge is 0.252 e. The third-order valence-corrected chi connectivity index (χ3v) is 3.39. The lowest BCUT2D eigenvalue weighted by atomic mass is 9.78. The van der Waals surface area contributed by atoms with Gasteiger partial charge in [-0.25, -0.2) is 0 Å². The van der Waals surface area contributed by atoms with Crippen LogP contribution in [0.15, 0.2) is 64.9 Å². The molecule has 0 aromatic rings. The van der Waals surface area contributed by atoms with Crippen molar-refractivity contribution in [3.05, 3.63) is 59.9 Å². The van der Waals surface area contributed by atoms with Crippen molar-refractivity contribution in [1.29, 1.82) is 0 Å². The first-order valence-corrected chi connectivity index (χ1v) is 6.38. The molecule has 0 saturated carbocycles. The van der Waals surface area contributed by atoms with Crippen LogP contribution in [-0.2, 0) is 0 Å². The number of aliphatic imine (C=N–C) groups is 1. The molecule has 0 amide bonds. The third-order valence-electron chi connectivity index (χ3n) is 3.39. The second kappa shape index (κ2) is 5.81. The van der Waals surface area contributed by atoms with Crippen LogP contribution < -0.4 is 0 Å². The quantitative estimate of drug-likeness (QED) is 0.614. The summed E-state index contributed by atoms with van der Waals surface area (Å²) < 4.78 is 0. The van der Waals surface area contributed by atoms with Crippen LogP contribution in [0.25, 0.3) is 0 Å². The summed E-state index contributed by atoms with van der Waals surface area (Å²) in [6.07, 6.45) is 12.1. The second-order valence-corrected chi connectivity index (χ2v) is 4.95. The Balaban J connectivity index is 3.31. The van der Waals surface area contributed by atoms with Gasteiger partial charge in [-0.05, 0) is 38.0 Å². The molecule has 1 aliphatic rings. The molecule has 18 heavy (non-hydrogen) atoms. The zero-order chi connectivity index (χ0) is 13.8. The maximum atomic E-state index is 4.79. The molecule has 0 aromatic heterocycles. The first-order chi connectivity index (χ1) is 8.48. The maximum absolute atomic E-state index is 4.79. The van der Waals surface area contributed by atoms with Gasteiger partial charge in [0.25, 0.3) is 0 Å². The summed E-state index contributed by atoms with van der Waals surface area (Å²) in [6.45, 7) is 14.4. The molecule has 1 heteroatoms. The smallest absolute Gasteiger partial charge is 0.0628 e. The molecule has 0 bridgehead atoms. The molecule has 1 nitrogen and oxygen atoms in total. The molecule has 0 aromatic carbocycles. The van der Waals surface area contributed by atoms with E-state index in [1.807, 2.05) is 38.2 Å². The standard InChI is InChI=1S/C17H23N/c1-7-10-14(11-8-2)16-17(5,6)13(4)15(18-16)12-9-3/h7-12H,1H2,2-6H3/b11-8-,12-9-,14-10+. The Kier molecular flexibility index (Phi) is 4.66. The Hall–Kier alpha value is -1.63. The minimum Gasteiger partial charge on any atom is -0.252 e. The highest BCUT2D eigenvalue weighted by atomic mass is 14.8. The first-order valence-electron chi connectivity index (χ1n) is 6.38. The Morgan fingerprint density at radius 1 is 1.22 bits per heavy atom. The fourth-order valence-electron chi connectivity index (χ4n) is 2.11. The molecule has 1 aliphatic heterocycles. The highest BCUT2D eigenvalue weighted by molar-refractivity contribution is 6.10. The minimum absolute atomic E-state index is 0.0246. The molecular formula is C17H23N. The fourth-order valence-corrected chi connectivity index (χ4v) is 2.11. The summed E-state index contributed by atoms with van der Waals surface area (Å²) >= 11 is 0. The van der Waals surface area contributed by atoms with Crippen LogP contribution in [0.5, 0.6) is 0 Å². The van der Waals surface area contributed by atoms with Gasteiger partial charge in [-0.3, -0.25) is 4.99 Å². The van der Waals surface area contributed by atoms with Gasteiger partial charge in [0.1, 0.15) is 0 Å². The predicted molar refractivity (Wildman–Crippen MR) is 81.8 cm³/mol. The van der Waals surface area contributed by atoms with E-state index in [1.165, 1.54) is 5.57 Å². The first kappa shape index (κ1) is 14.4. The maximum Gasteiger partial charge on any atom is 0.0628 e. The molecule has 0 N–H and O–H groups in total. The monoisotopic (exact) mass is 241 g/mol. The van der Waals surface area contributed by atoms with Crippen molar-refractivity contribution < 1.29 is 0 Å². The van der Waals surface area contributed by atoms with Crippen LogP contribution in [0, 0.1) is 5.41 Å². The van der Waals surface area contributed by atoms with Gasteiger partial charge in [-0.15, -0.1) is 0 Å². The van der Waals surface area contributed by atoms with Crippen LogP contribution in [0.1, 0.15) is 34.6 Å². The van der Waals surface area contributed by atoms with Gasteiger partial charge < -0.3 is 0 Å². The van der Waals surface area contributed by atoms with Crippen LogP contribution >= 0.6 is 0 Å². The van der Waals surface area contributed by atoms with Gasteiger partial charge >= 0.3 is 0 Å². The Labute approximate surface area is 111 Å². The van der Waals surface area contributed by atoms with Crippen molar-refractivity contribution in [3.63, 3.8) is 0 Å². The molecule has 0 spiro atoms. The van der Waals surface area contributed by atoms with E-state index in [4.69, 9.17) is 4.99 Å². The molecule has 0 fully saturated rings. The SMILES string of the molecule is C=C/C=C(\C=C/C)C1=NC(/C=C\C)=C(C)C1(C)C. The van der Waals surface area contributed by atoms with Gasteiger partial charge in [-0.2, -0.15) is 0 Å². The van der Waals surface area contributed by atoms with Crippen LogP contribution in [0.3, 0.4) is 0 Å².